The minimum absolute atomic E-state index is 0.649. The molecule has 0 fully saturated rings. The van der Waals surface area contributed by atoms with Crippen molar-refractivity contribution < 1.29 is 0 Å². The smallest absolute Gasteiger partial charge is 0.162 e. The zero-order valence-corrected chi connectivity index (χ0v) is 51.9. The topological polar surface area (TPSA) is 61.4 Å². The lowest BCUT2D eigenvalue weighted by Crippen LogP contribution is -2.06. The zero-order chi connectivity index (χ0) is 62.9. The van der Waals surface area contributed by atoms with Gasteiger partial charge in [-0.1, -0.05) is 261 Å². The molecule has 0 saturated carbocycles. The van der Waals surface area contributed by atoms with Crippen LogP contribution in [0.15, 0.2) is 334 Å². The summed E-state index contributed by atoms with van der Waals surface area (Å²) in [7, 11) is 0. The number of rotatable bonds is 11. The normalized spacial score (nSPS) is 11.6. The lowest BCUT2D eigenvalue weighted by molar-refractivity contribution is 1.02. The van der Waals surface area contributed by atoms with E-state index < -0.39 is 0 Å². The first-order chi connectivity index (χ1) is 47.0. The third-order valence-corrected chi connectivity index (χ3v) is 18.9. The van der Waals surface area contributed by atoms with Crippen LogP contribution in [0.25, 0.3) is 178 Å². The Hall–Kier alpha value is -12.6. The van der Waals surface area contributed by atoms with E-state index in [9.17, 15) is 0 Å². The van der Waals surface area contributed by atoms with Gasteiger partial charge in [-0.3, -0.25) is 4.57 Å². The summed E-state index contributed by atoms with van der Waals surface area (Å²) in [6.45, 7) is 2.16. The van der Waals surface area contributed by atoms with Gasteiger partial charge < -0.3 is 4.57 Å². The number of aromatic nitrogens is 6. The van der Waals surface area contributed by atoms with E-state index in [-0.39, 0.29) is 0 Å². The summed E-state index contributed by atoms with van der Waals surface area (Å²) in [5, 5.41) is 9.67. The van der Waals surface area contributed by atoms with Gasteiger partial charge in [0, 0.05) is 60.6 Å². The minimum atomic E-state index is 0.649. The lowest BCUT2D eigenvalue weighted by Gasteiger charge is -2.16. The minimum Gasteiger partial charge on any atom is -0.309 e. The Labute approximate surface area is 549 Å². The number of hydrogen-bond acceptors (Lipinski definition) is 4. The van der Waals surface area contributed by atoms with Crippen molar-refractivity contribution >= 4 is 65.2 Å². The summed E-state index contributed by atoms with van der Waals surface area (Å²) in [5.74, 6) is 2.15. The molecule has 0 spiro atoms. The molecule has 0 N–H and O–H groups in total. The molecular formula is C89H58N6. The third kappa shape index (κ3) is 9.74. The monoisotopic (exact) mass is 1210 g/mol. The van der Waals surface area contributed by atoms with Crippen LogP contribution in [-0.2, 0) is 0 Å². The highest BCUT2D eigenvalue weighted by atomic mass is 15.1. The Kier molecular flexibility index (Phi) is 13.3. The molecule has 0 atom stereocenters. The van der Waals surface area contributed by atoms with E-state index >= 15 is 0 Å². The van der Waals surface area contributed by atoms with Crippen LogP contribution in [0.3, 0.4) is 0 Å². The highest BCUT2D eigenvalue weighted by Crippen LogP contribution is 2.43. The molecule has 14 aromatic carbocycles. The summed E-state index contributed by atoms with van der Waals surface area (Å²) in [4.78, 5) is 21.6. The molecule has 0 amide bonds. The van der Waals surface area contributed by atoms with Crippen molar-refractivity contribution in [2.45, 2.75) is 6.92 Å². The van der Waals surface area contributed by atoms with Gasteiger partial charge in [0.15, 0.2) is 11.6 Å². The van der Waals surface area contributed by atoms with Gasteiger partial charge in [0.2, 0.25) is 0 Å². The first kappa shape index (κ1) is 55.2. The van der Waals surface area contributed by atoms with Crippen LogP contribution < -0.4 is 0 Å². The van der Waals surface area contributed by atoms with Crippen molar-refractivity contribution in [3.05, 3.63) is 339 Å². The average Bonchev–Trinajstić information content (AvgIpc) is 1.60. The van der Waals surface area contributed by atoms with Crippen LogP contribution in [0.2, 0.25) is 0 Å². The second-order valence-electron chi connectivity index (χ2n) is 24.5. The molecule has 0 radical (unpaired) electrons. The van der Waals surface area contributed by atoms with E-state index in [1.54, 1.807) is 0 Å². The van der Waals surface area contributed by atoms with Crippen LogP contribution in [-0.4, -0.2) is 29.1 Å². The molecule has 95 heavy (non-hydrogen) atoms. The van der Waals surface area contributed by atoms with Gasteiger partial charge in [0.05, 0.1) is 39.1 Å². The third-order valence-electron chi connectivity index (χ3n) is 18.9. The average molecular weight is 1210 g/mol. The van der Waals surface area contributed by atoms with Gasteiger partial charge in [0.1, 0.15) is 5.82 Å². The molecular weight excluding hydrogens is 1150 g/mol. The first-order valence-electron chi connectivity index (χ1n) is 32.3. The van der Waals surface area contributed by atoms with Gasteiger partial charge in [-0.05, 0) is 146 Å². The molecule has 18 aromatic rings. The molecule has 4 aromatic heterocycles. The molecule has 18 rings (SSSR count). The number of fused-ring (bicyclic) bond motifs is 10. The van der Waals surface area contributed by atoms with Crippen LogP contribution in [0.5, 0.6) is 0 Å². The number of benzene rings is 14. The van der Waals surface area contributed by atoms with Gasteiger partial charge >= 0.3 is 0 Å². The Bertz CT molecular complexity index is 5980. The number of para-hydroxylation sites is 2. The van der Waals surface area contributed by atoms with Crippen molar-refractivity contribution in [1.29, 1.82) is 0 Å². The van der Waals surface area contributed by atoms with E-state index in [2.05, 4.69) is 344 Å². The second-order valence-corrected chi connectivity index (χ2v) is 24.5. The van der Waals surface area contributed by atoms with Gasteiger partial charge in [0.25, 0.3) is 0 Å². The SMILES string of the molecule is Cc1c(-c2ccccc2)nc(-c2ccc(-c3cccc(-c4cc(-c5ccccc5)nc(-c5ccc(-n6c7ccccc7c7c8cc(-c9ccccc9)ccc8ccc76)cc5)n4)c3)cc2)nc1-n1c2ccccc2c2c3ccc(-c4ccc(-c5ccccc5)cc4)cc3ccc21. The maximum Gasteiger partial charge on any atom is 0.162 e. The fraction of sp³-hybridized carbons (Fsp3) is 0.0112. The lowest BCUT2D eigenvalue weighted by atomic mass is 9.97. The Morgan fingerprint density at radius 3 is 1.31 bits per heavy atom. The molecule has 0 unspecified atom stereocenters. The van der Waals surface area contributed by atoms with E-state index in [0.717, 1.165) is 95.2 Å². The second kappa shape index (κ2) is 22.9. The van der Waals surface area contributed by atoms with Crippen molar-refractivity contribution in [1.82, 2.24) is 29.1 Å². The van der Waals surface area contributed by atoms with Crippen molar-refractivity contribution in [3.63, 3.8) is 0 Å². The molecule has 0 bridgehead atoms. The van der Waals surface area contributed by atoms with Gasteiger partial charge in [-0.15, -0.1) is 0 Å². The predicted octanol–water partition coefficient (Wildman–Crippen LogP) is 23.1. The van der Waals surface area contributed by atoms with Crippen molar-refractivity contribution in [2.75, 3.05) is 0 Å². The maximum atomic E-state index is 5.56. The summed E-state index contributed by atoms with van der Waals surface area (Å²) in [5.41, 5.74) is 23.4. The standard InChI is InChI=1S/C89H58N6/c1-57-86(65-25-12-5-13-26-65)92-88(93-89(57)95-81-32-17-15-30-76(81)84-74-50-45-69(53-71(74)47-52-83(84)95)62-35-33-60(34-36-62)58-19-6-2-7-20-58)66-40-37-61(38-41-66)68-27-18-28-72(54-68)79-56-78(64-23-10-4-11-24-64)90-87(91-79)67-43-48-73(49-44-67)94-80-31-16-14-29-75(80)85-77-55-70(59-21-8-3-9-22-59)42-39-63(77)46-51-82(85)94/h2-56H,1H3. The van der Waals surface area contributed by atoms with Crippen LogP contribution in [0.1, 0.15) is 5.56 Å². The van der Waals surface area contributed by atoms with Crippen LogP contribution >= 0.6 is 0 Å². The van der Waals surface area contributed by atoms with Crippen LogP contribution in [0, 0.1) is 6.92 Å². The quantitative estimate of drug-likeness (QED) is 0.129. The largest absolute Gasteiger partial charge is 0.309 e. The zero-order valence-electron chi connectivity index (χ0n) is 51.9. The Morgan fingerprint density at radius 2 is 0.653 bits per heavy atom. The summed E-state index contributed by atoms with van der Waals surface area (Å²) < 4.78 is 4.73. The van der Waals surface area contributed by atoms with E-state index in [4.69, 9.17) is 19.9 Å². The Morgan fingerprint density at radius 1 is 0.232 bits per heavy atom. The molecule has 0 aliphatic rings. The van der Waals surface area contributed by atoms with Crippen molar-refractivity contribution in [2.24, 2.45) is 0 Å². The van der Waals surface area contributed by atoms with E-state index in [1.807, 2.05) is 6.07 Å². The fourth-order valence-corrected chi connectivity index (χ4v) is 14.2. The fourth-order valence-electron chi connectivity index (χ4n) is 14.2. The molecule has 444 valence electrons. The summed E-state index contributed by atoms with van der Waals surface area (Å²) in [6, 6.07) is 119. The molecule has 0 saturated heterocycles. The highest BCUT2D eigenvalue weighted by molar-refractivity contribution is 6.23. The highest BCUT2D eigenvalue weighted by Gasteiger charge is 2.23. The summed E-state index contributed by atoms with van der Waals surface area (Å²) >= 11 is 0. The molecule has 4 heterocycles. The molecule has 0 aliphatic carbocycles. The predicted molar refractivity (Wildman–Crippen MR) is 395 cm³/mol. The van der Waals surface area contributed by atoms with Gasteiger partial charge in [-0.25, -0.2) is 19.9 Å². The van der Waals surface area contributed by atoms with Gasteiger partial charge in [-0.2, -0.15) is 0 Å². The molecule has 0 aliphatic heterocycles. The number of hydrogen-bond donors (Lipinski definition) is 0. The first-order valence-corrected chi connectivity index (χ1v) is 32.3. The number of nitrogens with zero attached hydrogens (tertiary/aromatic N) is 6. The Balaban J connectivity index is 0.689. The van der Waals surface area contributed by atoms with Crippen LogP contribution in [0.4, 0.5) is 0 Å². The van der Waals surface area contributed by atoms with E-state index in [1.165, 1.54) is 76.5 Å². The molecule has 6 heteroatoms. The van der Waals surface area contributed by atoms with E-state index in [0.29, 0.717) is 11.6 Å². The molecule has 6 nitrogen and oxygen atoms in total. The van der Waals surface area contributed by atoms with Crippen molar-refractivity contribution in [3.8, 4) is 113 Å². The summed E-state index contributed by atoms with van der Waals surface area (Å²) in [6.07, 6.45) is 0. The maximum absolute atomic E-state index is 5.56.